The minimum atomic E-state index is 0.266. The third-order valence-electron chi connectivity index (χ3n) is 6.03. The van der Waals surface area contributed by atoms with Gasteiger partial charge in [-0.25, -0.2) is 9.97 Å². The lowest BCUT2D eigenvalue weighted by Crippen LogP contribution is -2.30. The van der Waals surface area contributed by atoms with Crippen LogP contribution in [0.25, 0.3) is 22.2 Å². The second-order valence-corrected chi connectivity index (χ2v) is 8.72. The molecule has 4 N–H and O–H groups in total. The number of aromatic amines is 1. The Bertz CT molecular complexity index is 1220. The molecule has 7 heteroatoms. The Hall–Kier alpha value is -3.09. The highest BCUT2D eigenvalue weighted by molar-refractivity contribution is 6.33. The normalized spacial score (nSPS) is 18.7. The third-order valence-corrected chi connectivity index (χ3v) is 6.31. The Labute approximate surface area is 192 Å². The molecule has 0 bridgehead atoms. The van der Waals surface area contributed by atoms with Gasteiger partial charge in [0.1, 0.15) is 0 Å². The molecular weight excluding hydrogens is 422 g/mol. The van der Waals surface area contributed by atoms with E-state index in [0.29, 0.717) is 23.6 Å². The lowest BCUT2D eigenvalue weighted by Gasteiger charge is -2.29. The van der Waals surface area contributed by atoms with E-state index in [1.54, 1.807) is 6.20 Å². The van der Waals surface area contributed by atoms with E-state index in [1.807, 2.05) is 48.7 Å². The van der Waals surface area contributed by atoms with Crippen molar-refractivity contribution >= 4 is 34.1 Å². The summed E-state index contributed by atoms with van der Waals surface area (Å²) in [4.78, 5) is 12.4. The lowest BCUT2D eigenvalue weighted by molar-refractivity contribution is 0.0149. The molecule has 5 rings (SSSR count). The highest BCUT2D eigenvalue weighted by Crippen LogP contribution is 2.33. The lowest BCUT2D eigenvalue weighted by atomic mass is 9.93. The van der Waals surface area contributed by atoms with Crippen LogP contribution in [0.3, 0.4) is 0 Å². The number of para-hydroxylation sites is 1. The maximum atomic E-state index is 6.45. The zero-order valence-corrected chi connectivity index (χ0v) is 18.5. The number of nitrogen functional groups attached to an aromatic ring is 1. The van der Waals surface area contributed by atoms with Gasteiger partial charge >= 0.3 is 0 Å². The Morgan fingerprint density at radius 3 is 2.78 bits per heavy atom. The fourth-order valence-corrected chi connectivity index (χ4v) is 4.54. The van der Waals surface area contributed by atoms with Crippen LogP contribution in [0, 0.1) is 0 Å². The van der Waals surface area contributed by atoms with Crippen LogP contribution in [0.1, 0.15) is 31.2 Å². The fourth-order valence-electron chi connectivity index (χ4n) is 4.35. The van der Waals surface area contributed by atoms with Gasteiger partial charge in [-0.1, -0.05) is 41.9 Å². The molecule has 2 heterocycles. The Balaban J connectivity index is 1.21. The van der Waals surface area contributed by atoms with Crippen LogP contribution in [0.15, 0.2) is 60.9 Å². The molecule has 0 radical (unpaired) electrons. The van der Waals surface area contributed by atoms with Gasteiger partial charge in [-0.05, 0) is 49.4 Å². The first-order chi connectivity index (χ1) is 15.7. The van der Waals surface area contributed by atoms with Crippen LogP contribution in [0.2, 0.25) is 5.02 Å². The molecule has 1 saturated carbocycles. The topological polar surface area (TPSA) is 88.9 Å². The quantitative estimate of drug-likeness (QED) is 0.325. The minimum absolute atomic E-state index is 0.266. The van der Waals surface area contributed by atoms with Crippen LogP contribution < -0.4 is 11.1 Å². The van der Waals surface area contributed by atoms with E-state index in [1.165, 1.54) is 0 Å². The van der Waals surface area contributed by atoms with Crippen LogP contribution >= 0.6 is 11.6 Å². The SMILES string of the molecule is Nc1cccc(COC2CCC(Nc3ncc(Cl)c(-c4c[nH]c5ccccc45)n3)CC2)c1. The van der Waals surface area contributed by atoms with Crippen LogP contribution in [-0.2, 0) is 11.3 Å². The average molecular weight is 448 g/mol. The summed E-state index contributed by atoms with van der Waals surface area (Å²) in [6.07, 6.45) is 7.92. The number of anilines is 2. The van der Waals surface area contributed by atoms with Gasteiger partial charge in [0.25, 0.3) is 0 Å². The van der Waals surface area contributed by atoms with Gasteiger partial charge in [0.15, 0.2) is 0 Å². The highest BCUT2D eigenvalue weighted by Gasteiger charge is 2.23. The van der Waals surface area contributed by atoms with Crippen LogP contribution in [0.4, 0.5) is 11.6 Å². The number of hydrogen-bond donors (Lipinski definition) is 3. The summed E-state index contributed by atoms with van der Waals surface area (Å²) in [7, 11) is 0. The molecule has 1 aliphatic rings. The first-order valence-electron chi connectivity index (χ1n) is 11.0. The van der Waals surface area contributed by atoms with E-state index in [9.17, 15) is 0 Å². The number of benzene rings is 2. The summed E-state index contributed by atoms with van der Waals surface area (Å²) in [5.74, 6) is 0.610. The Kier molecular flexibility index (Phi) is 5.97. The van der Waals surface area contributed by atoms with Gasteiger partial charge in [0, 0.05) is 34.4 Å². The third kappa shape index (κ3) is 4.56. The van der Waals surface area contributed by atoms with Crippen molar-refractivity contribution in [2.24, 2.45) is 0 Å². The highest BCUT2D eigenvalue weighted by atomic mass is 35.5. The summed E-state index contributed by atoms with van der Waals surface area (Å²) in [5.41, 5.74) is 10.5. The van der Waals surface area contributed by atoms with E-state index >= 15 is 0 Å². The molecule has 0 spiro atoms. The van der Waals surface area contributed by atoms with Crippen LogP contribution in [0.5, 0.6) is 0 Å². The molecule has 0 atom stereocenters. The molecule has 1 aliphatic carbocycles. The number of nitrogens with one attached hydrogen (secondary N) is 2. The number of halogens is 1. The number of rotatable bonds is 6. The number of aromatic nitrogens is 3. The number of hydrogen-bond acceptors (Lipinski definition) is 5. The largest absolute Gasteiger partial charge is 0.399 e. The van der Waals surface area contributed by atoms with Crippen molar-refractivity contribution in [3.8, 4) is 11.3 Å². The zero-order valence-electron chi connectivity index (χ0n) is 17.7. The molecule has 164 valence electrons. The zero-order chi connectivity index (χ0) is 21.9. The summed E-state index contributed by atoms with van der Waals surface area (Å²) in [5, 5.41) is 5.13. The second-order valence-electron chi connectivity index (χ2n) is 8.31. The second kappa shape index (κ2) is 9.18. The summed E-state index contributed by atoms with van der Waals surface area (Å²) in [6.45, 7) is 0.599. The first-order valence-corrected chi connectivity index (χ1v) is 11.3. The average Bonchev–Trinajstić information content (AvgIpc) is 3.24. The summed E-state index contributed by atoms with van der Waals surface area (Å²) < 4.78 is 6.11. The molecule has 2 aromatic carbocycles. The standard InChI is InChI=1S/C25H26ClN5O/c26-22-14-29-25(31-24(22)21-13-28-23-7-2-1-6-20(21)23)30-18-8-10-19(11-9-18)32-15-16-4-3-5-17(27)12-16/h1-7,12-14,18-19,28H,8-11,15,27H2,(H,29,30,31). The molecule has 0 aliphatic heterocycles. The number of nitrogens with zero attached hydrogens (tertiary/aromatic N) is 2. The molecule has 32 heavy (non-hydrogen) atoms. The van der Waals surface area contributed by atoms with Crippen LogP contribution in [-0.4, -0.2) is 27.1 Å². The predicted octanol–water partition coefficient (Wildman–Crippen LogP) is 5.80. The van der Waals surface area contributed by atoms with E-state index in [2.05, 4.69) is 21.4 Å². The van der Waals surface area contributed by atoms with Crippen molar-refractivity contribution in [1.82, 2.24) is 15.0 Å². The summed E-state index contributed by atoms with van der Waals surface area (Å²) >= 11 is 6.45. The number of fused-ring (bicyclic) bond motifs is 1. The molecule has 0 saturated heterocycles. The van der Waals surface area contributed by atoms with Crippen molar-refractivity contribution < 1.29 is 4.74 Å². The van der Waals surface area contributed by atoms with Crippen molar-refractivity contribution in [3.05, 3.63) is 71.5 Å². The van der Waals surface area contributed by atoms with E-state index < -0.39 is 0 Å². The van der Waals surface area contributed by atoms with E-state index in [0.717, 1.165) is 59.1 Å². The first kappa shape index (κ1) is 20.8. The van der Waals surface area contributed by atoms with Gasteiger partial charge in [-0.2, -0.15) is 0 Å². The van der Waals surface area contributed by atoms with E-state index in [4.69, 9.17) is 27.1 Å². The number of ether oxygens (including phenoxy) is 1. The van der Waals surface area contributed by atoms with Gasteiger partial charge in [0.05, 0.1) is 29.6 Å². The maximum absolute atomic E-state index is 6.45. The monoisotopic (exact) mass is 447 g/mol. The molecule has 6 nitrogen and oxygen atoms in total. The summed E-state index contributed by atoms with van der Waals surface area (Å²) in [6, 6.07) is 16.3. The molecule has 1 fully saturated rings. The fraction of sp³-hybridized carbons (Fsp3) is 0.280. The van der Waals surface area contributed by atoms with Gasteiger partial charge in [0.2, 0.25) is 5.95 Å². The van der Waals surface area contributed by atoms with Crippen molar-refractivity contribution in [3.63, 3.8) is 0 Å². The molecular formula is C25H26ClN5O. The van der Waals surface area contributed by atoms with Gasteiger partial charge in [-0.15, -0.1) is 0 Å². The minimum Gasteiger partial charge on any atom is -0.399 e. The Morgan fingerprint density at radius 1 is 1.09 bits per heavy atom. The number of H-pyrrole nitrogens is 1. The van der Waals surface area contributed by atoms with Gasteiger partial charge in [-0.3, -0.25) is 0 Å². The maximum Gasteiger partial charge on any atom is 0.223 e. The molecule has 4 aromatic rings. The molecule has 2 aromatic heterocycles. The van der Waals surface area contributed by atoms with Gasteiger partial charge < -0.3 is 20.8 Å². The van der Waals surface area contributed by atoms with Crippen molar-refractivity contribution in [1.29, 1.82) is 0 Å². The van der Waals surface area contributed by atoms with E-state index in [-0.39, 0.29) is 6.10 Å². The smallest absolute Gasteiger partial charge is 0.223 e. The molecule has 0 amide bonds. The predicted molar refractivity (Wildman–Crippen MR) is 130 cm³/mol. The van der Waals surface area contributed by atoms with Crippen molar-refractivity contribution in [2.75, 3.05) is 11.1 Å². The van der Waals surface area contributed by atoms with Crippen molar-refractivity contribution in [2.45, 2.75) is 44.4 Å². The number of nitrogens with two attached hydrogens (primary N) is 1. The Morgan fingerprint density at radius 2 is 1.94 bits per heavy atom. The molecule has 0 unspecified atom stereocenters.